The Kier molecular flexibility index (Phi) is 5.18. The van der Waals surface area contributed by atoms with E-state index in [-0.39, 0.29) is 5.69 Å². The number of hydrogen-bond acceptors (Lipinski definition) is 3. The Hall–Kier alpha value is -4.69. The summed E-state index contributed by atoms with van der Waals surface area (Å²) in [6.07, 6.45) is 3.98. The monoisotopic (exact) mass is 429 g/mol. The summed E-state index contributed by atoms with van der Waals surface area (Å²) in [4.78, 5) is 10.6. The molecule has 1 heterocycles. The maximum absolute atomic E-state index is 10.9. The molecule has 0 amide bonds. The van der Waals surface area contributed by atoms with Crippen molar-refractivity contribution in [2.24, 2.45) is 0 Å². The number of non-ortho nitro benzene ring substituents is 1. The highest BCUT2D eigenvalue weighted by molar-refractivity contribution is 6.04. The normalized spacial score (nSPS) is 11.5. The van der Waals surface area contributed by atoms with Crippen LogP contribution in [0.1, 0.15) is 16.7 Å². The van der Waals surface area contributed by atoms with Crippen LogP contribution in [0.4, 0.5) is 5.69 Å². The van der Waals surface area contributed by atoms with Crippen molar-refractivity contribution in [1.29, 1.82) is 5.26 Å². The maximum Gasteiger partial charge on any atom is 0.269 e. The van der Waals surface area contributed by atoms with Crippen molar-refractivity contribution in [3.8, 4) is 6.07 Å². The molecule has 0 N–H and O–H groups in total. The molecule has 0 atom stereocenters. The minimum Gasteiger partial charge on any atom is -0.342 e. The minimum atomic E-state index is -0.394. The zero-order valence-electron chi connectivity index (χ0n) is 17.7. The second-order valence-electron chi connectivity index (χ2n) is 7.85. The van der Waals surface area contributed by atoms with E-state index in [1.54, 1.807) is 12.1 Å². The van der Waals surface area contributed by atoms with Crippen molar-refractivity contribution in [1.82, 2.24) is 4.57 Å². The van der Waals surface area contributed by atoms with Crippen LogP contribution in [-0.2, 0) is 6.54 Å². The lowest BCUT2D eigenvalue weighted by Gasteiger charge is -2.05. The van der Waals surface area contributed by atoms with Gasteiger partial charge in [0, 0.05) is 46.9 Å². The number of nitro groups is 1. The molecule has 4 aromatic carbocycles. The van der Waals surface area contributed by atoms with Crippen LogP contribution in [0.15, 0.2) is 97.2 Å². The molecule has 0 radical (unpaired) electrons. The lowest BCUT2D eigenvalue weighted by atomic mass is 9.97. The van der Waals surface area contributed by atoms with Crippen LogP contribution >= 0.6 is 0 Å². The van der Waals surface area contributed by atoms with Crippen LogP contribution < -0.4 is 0 Å². The van der Waals surface area contributed by atoms with E-state index >= 15 is 0 Å². The van der Waals surface area contributed by atoms with Gasteiger partial charge in [0.25, 0.3) is 5.69 Å². The molecule has 0 unspecified atom stereocenters. The highest BCUT2D eigenvalue weighted by Crippen LogP contribution is 2.30. The Morgan fingerprint density at radius 1 is 0.909 bits per heavy atom. The van der Waals surface area contributed by atoms with Crippen molar-refractivity contribution in [2.45, 2.75) is 6.54 Å². The first kappa shape index (κ1) is 20.2. The van der Waals surface area contributed by atoms with E-state index < -0.39 is 4.92 Å². The Morgan fingerprint density at radius 3 is 2.36 bits per heavy atom. The van der Waals surface area contributed by atoms with Crippen LogP contribution in [-0.4, -0.2) is 9.49 Å². The Morgan fingerprint density at radius 2 is 1.61 bits per heavy atom. The van der Waals surface area contributed by atoms with Crippen molar-refractivity contribution in [3.63, 3.8) is 0 Å². The molecule has 5 rings (SSSR count). The number of para-hydroxylation sites is 1. The molecule has 33 heavy (non-hydrogen) atoms. The molecule has 0 aliphatic heterocycles. The summed E-state index contributed by atoms with van der Waals surface area (Å²) in [5, 5.41) is 24.1. The second kappa shape index (κ2) is 8.45. The molecule has 5 aromatic rings. The molecule has 5 nitrogen and oxygen atoms in total. The Balaban J connectivity index is 1.59. The smallest absolute Gasteiger partial charge is 0.269 e. The fourth-order valence-electron chi connectivity index (χ4n) is 4.23. The van der Waals surface area contributed by atoms with Gasteiger partial charge < -0.3 is 4.57 Å². The number of rotatable bonds is 5. The second-order valence-corrected chi connectivity index (χ2v) is 7.85. The van der Waals surface area contributed by atoms with E-state index in [1.807, 2.05) is 79.0 Å². The molecule has 1 aromatic heterocycles. The van der Waals surface area contributed by atoms with E-state index in [9.17, 15) is 15.4 Å². The molecule has 0 aliphatic rings. The average Bonchev–Trinajstić information content (AvgIpc) is 3.19. The zero-order valence-corrected chi connectivity index (χ0v) is 17.7. The number of nitrogens with zero attached hydrogens (tertiary/aromatic N) is 3. The van der Waals surface area contributed by atoms with E-state index in [1.165, 1.54) is 12.1 Å². The van der Waals surface area contributed by atoms with Gasteiger partial charge in [0.2, 0.25) is 0 Å². The van der Waals surface area contributed by atoms with Gasteiger partial charge in [-0.25, -0.2) is 0 Å². The summed E-state index contributed by atoms with van der Waals surface area (Å²) in [5.41, 5.74) is 4.54. The quantitative estimate of drug-likeness (QED) is 0.175. The van der Waals surface area contributed by atoms with Crippen molar-refractivity contribution in [2.75, 3.05) is 0 Å². The molecule has 5 heteroatoms. The van der Waals surface area contributed by atoms with Gasteiger partial charge in [-0.05, 0) is 28.5 Å². The fraction of sp³-hybridized carbons (Fsp3) is 0.0357. The summed E-state index contributed by atoms with van der Waals surface area (Å²) < 4.78 is 2.11. The van der Waals surface area contributed by atoms with Crippen molar-refractivity contribution >= 4 is 39.0 Å². The highest BCUT2D eigenvalue weighted by Gasteiger charge is 2.12. The molecule has 0 saturated carbocycles. The molecule has 0 saturated heterocycles. The first-order valence-corrected chi connectivity index (χ1v) is 10.6. The van der Waals surface area contributed by atoms with E-state index in [0.29, 0.717) is 12.1 Å². The Labute approximate surface area is 190 Å². The van der Waals surface area contributed by atoms with Crippen molar-refractivity contribution < 1.29 is 4.92 Å². The third kappa shape index (κ3) is 3.86. The lowest BCUT2D eigenvalue weighted by molar-refractivity contribution is -0.384. The number of fused-ring (bicyclic) bond motifs is 2. The van der Waals surface area contributed by atoms with Gasteiger partial charge >= 0.3 is 0 Å². The van der Waals surface area contributed by atoms with Gasteiger partial charge in [-0.2, -0.15) is 5.26 Å². The van der Waals surface area contributed by atoms with Gasteiger partial charge in [-0.3, -0.25) is 10.1 Å². The number of allylic oxidation sites excluding steroid dienone is 1. The first-order valence-electron chi connectivity index (χ1n) is 10.6. The fourth-order valence-corrected chi connectivity index (χ4v) is 4.23. The van der Waals surface area contributed by atoms with Crippen LogP contribution in [0.25, 0.3) is 33.3 Å². The summed E-state index contributed by atoms with van der Waals surface area (Å²) in [7, 11) is 0. The minimum absolute atomic E-state index is 0.0773. The largest absolute Gasteiger partial charge is 0.342 e. The molecular formula is C28H19N3O2. The molecular weight excluding hydrogens is 410 g/mol. The number of aromatic nitrogens is 1. The summed E-state index contributed by atoms with van der Waals surface area (Å²) in [6.45, 7) is 0.572. The lowest BCUT2D eigenvalue weighted by Crippen LogP contribution is -1.98. The maximum atomic E-state index is 10.9. The number of nitriles is 1. The average molecular weight is 429 g/mol. The van der Waals surface area contributed by atoms with Gasteiger partial charge in [0.1, 0.15) is 0 Å². The standard InChI is InChI=1S/C28H19N3O2/c29-17-22(26-10-5-7-21-6-1-2-8-25(21)26)16-23-19-30(28-11-4-3-9-27(23)28)18-20-12-14-24(15-13-20)31(32)33/h1-16,19H,18H2/b22-16+. The van der Waals surface area contributed by atoms with E-state index in [0.717, 1.165) is 38.4 Å². The first-order chi connectivity index (χ1) is 16.1. The molecule has 0 aliphatic carbocycles. The molecule has 158 valence electrons. The number of hydrogen-bond donors (Lipinski definition) is 0. The van der Waals surface area contributed by atoms with Crippen molar-refractivity contribution in [3.05, 3.63) is 124 Å². The number of benzene rings is 4. The predicted octanol–water partition coefficient (Wildman–Crippen LogP) is 6.82. The zero-order chi connectivity index (χ0) is 22.8. The third-order valence-corrected chi connectivity index (χ3v) is 5.82. The van der Waals surface area contributed by atoms with Crippen LogP contribution in [0.5, 0.6) is 0 Å². The van der Waals surface area contributed by atoms with Crippen LogP contribution in [0, 0.1) is 21.4 Å². The molecule has 0 fully saturated rings. The van der Waals surface area contributed by atoms with Gasteiger partial charge in [-0.15, -0.1) is 0 Å². The van der Waals surface area contributed by atoms with Gasteiger partial charge in [0.05, 0.1) is 16.6 Å². The SMILES string of the molecule is N#C/C(=C\c1cn(Cc2ccc([N+](=O)[O-])cc2)c2ccccc12)c1cccc2ccccc12. The summed E-state index contributed by atoms with van der Waals surface area (Å²) in [5.74, 6) is 0. The topological polar surface area (TPSA) is 71.9 Å². The molecule has 0 spiro atoms. The Bertz CT molecular complexity index is 1570. The van der Waals surface area contributed by atoms with E-state index in [4.69, 9.17) is 0 Å². The van der Waals surface area contributed by atoms with Crippen LogP contribution in [0.2, 0.25) is 0 Å². The summed E-state index contributed by atoms with van der Waals surface area (Å²) in [6, 6.07) is 31.1. The van der Waals surface area contributed by atoms with Gasteiger partial charge in [-0.1, -0.05) is 72.8 Å². The highest BCUT2D eigenvalue weighted by atomic mass is 16.6. The molecule has 0 bridgehead atoms. The number of nitro benzene ring substituents is 1. The van der Waals surface area contributed by atoms with E-state index in [2.05, 4.69) is 10.6 Å². The third-order valence-electron chi connectivity index (χ3n) is 5.82. The predicted molar refractivity (Wildman–Crippen MR) is 132 cm³/mol. The van der Waals surface area contributed by atoms with Gasteiger partial charge in [0.15, 0.2) is 0 Å². The summed E-state index contributed by atoms with van der Waals surface area (Å²) >= 11 is 0. The van der Waals surface area contributed by atoms with Crippen LogP contribution in [0.3, 0.4) is 0 Å².